The topological polar surface area (TPSA) is 41.6 Å². The minimum absolute atomic E-state index is 0.235. The summed E-state index contributed by atoms with van der Waals surface area (Å²) in [5, 5.41) is 3.28. The van der Waals surface area contributed by atoms with Crippen LogP contribution in [0.4, 0.5) is 0 Å². The van der Waals surface area contributed by atoms with E-state index in [1.54, 1.807) is 7.11 Å². The van der Waals surface area contributed by atoms with Crippen LogP contribution in [0.25, 0.3) is 0 Å². The molecule has 25 heavy (non-hydrogen) atoms. The lowest BCUT2D eigenvalue weighted by Gasteiger charge is -2.41. The van der Waals surface area contributed by atoms with Crippen LogP contribution in [0.1, 0.15) is 42.4 Å². The van der Waals surface area contributed by atoms with Crippen molar-refractivity contribution in [1.29, 1.82) is 0 Å². The summed E-state index contributed by atoms with van der Waals surface area (Å²) in [7, 11) is 1.75. The summed E-state index contributed by atoms with van der Waals surface area (Å²) in [5.74, 6) is 0.802. The fourth-order valence-electron chi connectivity index (χ4n) is 4.34. The van der Waals surface area contributed by atoms with E-state index in [0.29, 0.717) is 5.92 Å². The zero-order valence-corrected chi connectivity index (χ0v) is 15.9. The van der Waals surface area contributed by atoms with Gasteiger partial charge in [0.25, 0.3) is 0 Å². The first-order valence-electron chi connectivity index (χ1n) is 9.62. The van der Waals surface area contributed by atoms with Crippen LogP contribution < -0.4 is 5.32 Å². The fraction of sp³-hybridized carbons (Fsp3) is 0.667. The van der Waals surface area contributed by atoms with Gasteiger partial charge in [-0.2, -0.15) is 0 Å². The number of nitrogens with zero attached hydrogens (tertiary/aromatic N) is 1. The van der Waals surface area contributed by atoms with Crippen LogP contribution in [0.3, 0.4) is 0 Å². The number of ether oxygens (including phenoxy) is 1. The third-order valence-corrected chi connectivity index (χ3v) is 5.95. The van der Waals surface area contributed by atoms with E-state index in [4.69, 9.17) is 4.74 Å². The summed E-state index contributed by atoms with van der Waals surface area (Å²) in [4.78, 5) is 15.5. The molecule has 1 amide bonds. The molecule has 4 nitrogen and oxygen atoms in total. The number of amides is 1. The third kappa shape index (κ3) is 4.06. The molecule has 3 rings (SSSR count). The maximum absolute atomic E-state index is 13.0. The molecule has 4 heteroatoms. The highest BCUT2D eigenvalue weighted by atomic mass is 16.5. The lowest BCUT2D eigenvalue weighted by atomic mass is 9.63. The van der Waals surface area contributed by atoms with Crippen molar-refractivity contribution in [2.45, 2.75) is 44.9 Å². The van der Waals surface area contributed by atoms with Gasteiger partial charge in [0, 0.05) is 26.7 Å². The Kier molecular flexibility index (Phi) is 5.80. The Balaban J connectivity index is 1.58. The number of hydrogen-bond acceptors (Lipinski definition) is 3. The standard InChI is InChI=1S/C21H32N2O2/c1-16-11-17(2)13-19(12-16)21(6-4-7-21)20(24)22-14-18-5-8-23(15-18)9-10-25-3/h11-13,18H,4-10,14-15H2,1-3H3,(H,22,24)/t18-/m0/s1. The summed E-state index contributed by atoms with van der Waals surface area (Å²) in [5.41, 5.74) is 3.42. The van der Waals surface area contributed by atoms with Crippen LogP contribution in [0.2, 0.25) is 0 Å². The van der Waals surface area contributed by atoms with Gasteiger partial charge in [-0.1, -0.05) is 35.7 Å². The van der Waals surface area contributed by atoms with Crippen molar-refractivity contribution in [3.8, 4) is 0 Å². The second-order valence-corrected chi connectivity index (χ2v) is 7.97. The van der Waals surface area contributed by atoms with Gasteiger partial charge in [-0.15, -0.1) is 0 Å². The lowest BCUT2D eigenvalue weighted by Crippen LogP contribution is -2.50. The molecule has 0 unspecified atom stereocenters. The molecule has 1 aromatic carbocycles. The van der Waals surface area contributed by atoms with Crippen LogP contribution in [-0.4, -0.2) is 50.7 Å². The largest absolute Gasteiger partial charge is 0.383 e. The van der Waals surface area contributed by atoms with Crippen molar-refractivity contribution in [3.63, 3.8) is 0 Å². The SMILES string of the molecule is COCCN1CC[C@@H](CNC(=O)C2(c3cc(C)cc(C)c3)CCC2)C1. The minimum Gasteiger partial charge on any atom is -0.383 e. The smallest absolute Gasteiger partial charge is 0.230 e. The molecular formula is C21H32N2O2. The summed E-state index contributed by atoms with van der Waals surface area (Å²) in [6, 6.07) is 6.59. The normalized spacial score (nSPS) is 22.6. The fourth-order valence-corrected chi connectivity index (χ4v) is 4.34. The zero-order valence-electron chi connectivity index (χ0n) is 15.9. The van der Waals surface area contributed by atoms with E-state index >= 15 is 0 Å². The van der Waals surface area contributed by atoms with Crippen LogP contribution >= 0.6 is 0 Å². The molecule has 1 atom stereocenters. The van der Waals surface area contributed by atoms with Gasteiger partial charge >= 0.3 is 0 Å². The molecule has 0 aromatic heterocycles. The van der Waals surface area contributed by atoms with Crippen LogP contribution in [0.5, 0.6) is 0 Å². The molecule has 138 valence electrons. The first kappa shape index (κ1) is 18.4. The Hall–Kier alpha value is -1.39. The van der Waals surface area contributed by atoms with Gasteiger partial charge in [0.1, 0.15) is 0 Å². The average Bonchev–Trinajstić information content (AvgIpc) is 2.97. The van der Waals surface area contributed by atoms with Crippen molar-refractivity contribution in [1.82, 2.24) is 10.2 Å². The Morgan fingerprint density at radius 1 is 1.28 bits per heavy atom. The van der Waals surface area contributed by atoms with Gasteiger partial charge in [-0.3, -0.25) is 4.79 Å². The predicted octanol–water partition coefficient (Wildman–Crippen LogP) is 2.81. The number of nitrogens with one attached hydrogen (secondary N) is 1. The Bertz CT molecular complexity index is 590. The molecule has 2 aliphatic rings. The molecule has 0 spiro atoms. The summed E-state index contributed by atoms with van der Waals surface area (Å²) in [6.07, 6.45) is 4.27. The molecule has 1 heterocycles. The number of benzene rings is 1. The molecule has 1 aliphatic carbocycles. The Morgan fingerprint density at radius 2 is 2.00 bits per heavy atom. The molecule has 2 fully saturated rings. The first-order chi connectivity index (χ1) is 12.0. The number of carbonyl (C=O) groups excluding carboxylic acids is 1. The molecule has 1 aliphatic heterocycles. The average molecular weight is 344 g/mol. The quantitative estimate of drug-likeness (QED) is 0.827. The molecule has 1 aromatic rings. The van der Waals surface area contributed by atoms with Crippen LogP contribution in [0, 0.1) is 19.8 Å². The van der Waals surface area contributed by atoms with Gasteiger partial charge in [0.05, 0.1) is 12.0 Å². The van der Waals surface area contributed by atoms with Crippen molar-refractivity contribution in [2.75, 3.05) is 39.9 Å². The molecular weight excluding hydrogens is 312 g/mol. The number of rotatable bonds is 7. The van der Waals surface area contributed by atoms with Crippen LogP contribution in [0.15, 0.2) is 18.2 Å². The maximum atomic E-state index is 13.0. The summed E-state index contributed by atoms with van der Waals surface area (Å²) < 4.78 is 5.16. The van der Waals surface area contributed by atoms with Crippen LogP contribution in [-0.2, 0) is 14.9 Å². The number of likely N-dealkylation sites (tertiary alicyclic amines) is 1. The van der Waals surface area contributed by atoms with Gasteiger partial charge in [0.2, 0.25) is 5.91 Å². The maximum Gasteiger partial charge on any atom is 0.230 e. The number of aryl methyl sites for hydroxylation is 2. The van der Waals surface area contributed by atoms with Gasteiger partial charge < -0.3 is 15.0 Å². The van der Waals surface area contributed by atoms with E-state index < -0.39 is 0 Å². The van der Waals surface area contributed by atoms with E-state index in [0.717, 1.165) is 52.0 Å². The van der Waals surface area contributed by atoms with Crippen molar-refractivity contribution < 1.29 is 9.53 Å². The number of hydrogen-bond donors (Lipinski definition) is 1. The van der Waals surface area contributed by atoms with E-state index in [1.807, 2.05) is 0 Å². The third-order valence-electron chi connectivity index (χ3n) is 5.95. The highest BCUT2D eigenvalue weighted by molar-refractivity contribution is 5.89. The van der Waals surface area contributed by atoms with Crippen molar-refractivity contribution in [3.05, 3.63) is 34.9 Å². The van der Waals surface area contributed by atoms with E-state index in [1.165, 1.54) is 23.1 Å². The molecule has 0 radical (unpaired) electrons. The molecule has 1 saturated heterocycles. The molecule has 1 N–H and O–H groups in total. The Labute approximate surface area is 151 Å². The van der Waals surface area contributed by atoms with Gasteiger partial charge in [-0.05, 0) is 51.1 Å². The minimum atomic E-state index is -0.287. The second kappa shape index (κ2) is 7.88. The molecule has 1 saturated carbocycles. The summed E-state index contributed by atoms with van der Waals surface area (Å²) >= 11 is 0. The summed E-state index contributed by atoms with van der Waals surface area (Å²) in [6.45, 7) is 9.01. The lowest BCUT2D eigenvalue weighted by molar-refractivity contribution is -0.130. The second-order valence-electron chi connectivity index (χ2n) is 7.97. The zero-order chi connectivity index (χ0) is 17.9. The number of methoxy groups -OCH3 is 1. The molecule has 0 bridgehead atoms. The van der Waals surface area contributed by atoms with E-state index in [9.17, 15) is 4.79 Å². The van der Waals surface area contributed by atoms with Crippen molar-refractivity contribution in [2.24, 2.45) is 5.92 Å². The first-order valence-corrected chi connectivity index (χ1v) is 9.62. The monoisotopic (exact) mass is 344 g/mol. The predicted molar refractivity (Wildman–Crippen MR) is 101 cm³/mol. The van der Waals surface area contributed by atoms with Gasteiger partial charge in [-0.25, -0.2) is 0 Å². The van der Waals surface area contributed by atoms with E-state index in [-0.39, 0.29) is 11.3 Å². The number of carbonyl (C=O) groups is 1. The Morgan fingerprint density at radius 3 is 2.60 bits per heavy atom. The highest BCUT2D eigenvalue weighted by Crippen LogP contribution is 2.44. The van der Waals surface area contributed by atoms with Crippen molar-refractivity contribution >= 4 is 5.91 Å². The van der Waals surface area contributed by atoms with E-state index in [2.05, 4.69) is 42.3 Å². The highest BCUT2D eigenvalue weighted by Gasteiger charge is 2.45. The van der Waals surface area contributed by atoms with Gasteiger partial charge in [0.15, 0.2) is 0 Å².